The summed E-state index contributed by atoms with van der Waals surface area (Å²) in [5, 5.41) is 27.5. The predicted octanol–water partition coefficient (Wildman–Crippen LogP) is 2.01. The molecule has 10 nitrogen and oxygen atoms in total. The van der Waals surface area contributed by atoms with Gasteiger partial charge in [0.05, 0.1) is 4.92 Å². The van der Waals surface area contributed by atoms with Gasteiger partial charge in [0.25, 0.3) is 0 Å². The number of nitrogens with zero attached hydrogens (tertiary/aromatic N) is 6. The number of halogens is 1. The number of carboxylic acids is 1. The molecule has 31 heavy (non-hydrogen) atoms. The molecule has 11 heteroatoms. The minimum absolute atomic E-state index is 0.0654. The van der Waals surface area contributed by atoms with Gasteiger partial charge in [-0.25, -0.2) is 4.79 Å². The van der Waals surface area contributed by atoms with Crippen LogP contribution < -0.4 is 9.80 Å². The molecule has 1 aromatic carbocycles. The van der Waals surface area contributed by atoms with E-state index in [9.17, 15) is 19.3 Å². The Hall–Kier alpha value is -3.34. The molecule has 1 N–H and O–H groups in total. The number of rotatable bonds is 5. The number of nitro benzene ring substituents is 1. The lowest BCUT2D eigenvalue weighted by molar-refractivity contribution is -0.387. The number of hydrogen-bond acceptors (Lipinski definition) is 8. The summed E-state index contributed by atoms with van der Waals surface area (Å²) < 4.78 is 13.9. The van der Waals surface area contributed by atoms with Crippen molar-refractivity contribution in [2.45, 2.75) is 18.9 Å². The molecule has 0 radical (unpaired) electrons. The second-order valence-corrected chi connectivity index (χ2v) is 7.72. The fourth-order valence-corrected chi connectivity index (χ4v) is 4.25. The maximum atomic E-state index is 13.9. The summed E-state index contributed by atoms with van der Waals surface area (Å²) in [6.45, 7) is 4.80. The Labute approximate surface area is 178 Å². The second kappa shape index (κ2) is 8.80. The number of nitro groups is 1. The second-order valence-electron chi connectivity index (χ2n) is 7.72. The van der Waals surface area contributed by atoms with Crippen LogP contribution in [0.1, 0.15) is 23.3 Å². The van der Waals surface area contributed by atoms with E-state index in [1.54, 1.807) is 12.1 Å². The van der Waals surface area contributed by atoms with Crippen molar-refractivity contribution < 1.29 is 19.2 Å². The molecule has 1 aromatic heterocycles. The Bertz CT molecular complexity index is 957. The van der Waals surface area contributed by atoms with Crippen molar-refractivity contribution in [2.75, 3.05) is 49.1 Å². The summed E-state index contributed by atoms with van der Waals surface area (Å²) >= 11 is 0. The SMILES string of the molecule is O=C(O)c1ccc(N2CCC(N3CCN(c4ccc([N+](=O)[O-])c(F)c4)CC3)CC2)nn1. The molecule has 0 saturated carbocycles. The molecule has 2 fully saturated rings. The van der Waals surface area contributed by atoms with E-state index < -0.39 is 22.4 Å². The van der Waals surface area contributed by atoms with Crippen LogP contribution in [0.2, 0.25) is 0 Å². The molecular formula is C20H23FN6O4. The average Bonchev–Trinajstić information content (AvgIpc) is 2.79. The predicted molar refractivity (Wildman–Crippen MR) is 111 cm³/mol. The molecule has 2 aliphatic rings. The summed E-state index contributed by atoms with van der Waals surface area (Å²) in [5.41, 5.74) is 0.0989. The minimum Gasteiger partial charge on any atom is -0.476 e. The molecule has 0 unspecified atom stereocenters. The van der Waals surface area contributed by atoms with Gasteiger partial charge in [-0.05, 0) is 31.0 Å². The van der Waals surface area contributed by atoms with Crippen molar-refractivity contribution in [1.82, 2.24) is 15.1 Å². The highest BCUT2D eigenvalue weighted by molar-refractivity contribution is 5.85. The standard InChI is InChI=1S/C20H23FN6O4/c21-16-13-15(1-3-18(16)27(30)31)25-11-9-24(10-12-25)14-5-7-26(8-6-14)19-4-2-17(20(28)29)22-23-19/h1-4,13-14H,5-12H2,(H,28,29). The molecule has 0 spiro atoms. The van der Waals surface area contributed by atoms with Crippen molar-refractivity contribution in [2.24, 2.45) is 0 Å². The third-order valence-corrected chi connectivity index (χ3v) is 5.98. The first-order chi connectivity index (χ1) is 14.9. The molecule has 164 valence electrons. The third kappa shape index (κ3) is 4.55. The molecule has 2 saturated heterocycles. The van der Waals surface area contributed by atoms with Crippen molar-refractivity contribution in [3.8, 4) is 0 Å². The molecule has 0 amide bonds. The molecule has 4 rings (SSSR count). The van der Waals surface area contributed by atoms with Gasteiger partial charge in [-0.3, -0.25) is 15.0 Å². The third-order valence-electron chi connectivity index (χ3n) is 5.98. The van der Waals surface area contributed by atoms with E-state index in [0.717, 1.165) is 52.1 Å². The number of aromatic carboxylic acids is 1. The largest absolute Gasteiger partial charge is 0.476 e. The van der Waals surface area contributed by atoms with E-state index in [0.29, 0.717) is 17.5 Å². The van der Waals surface area contributed by atoms with Crippen LogP contribution in [0.25, 0.3) is 0 Å². The van der Waals surface area contributed by atoms with Crippen LogP contribution in [0, 0.1) is 15.9 Å². The van der Waals surface area contributed by atoms with Crippen molar-refractivity contribution in [1.29, 1.82) is 0 Å². The Kier molecular flexibility index (Phi) is 5.94. The molecule has 3 heterocycles. The Morgan fingerprint density at radius 1 is 1.03 bits per heavy atom. The lowest BCUT2D eigenvalue weighted by Gasteiger charge is -2.43. The highest BCUT2D eigenvalue weighted by Crippen LogP contribution is 2.26. The molecule has 0 aliphatic carbocycles. The van der Waals surface area contributed by atoms with Crippen LogP contribution in [-0.2, 0) is 0 Å². The first kappa shape index (κ1) is 20.9. The Morgan fingerprint density at radius 2 is 1.74 bits per heavy atom. The van der Waals surface area contributed by atoms with Crippen LogP contribution in [0.15, 0.2) is 30.3 Å². The Balaban J connectivity index is 1.29. The number of aromatic nitrogens is 2. The van der Waals surface area contributed by atoms with E-state index in [1.807, 2.05) is 0 Å². The maximum Gasteiger partial charge on any atom is 0.356 e. The highest BCUT2D eigenvalue weighted by atomic mass is 19.1. The first-order valence-corrected chi connectivity index (χ1v) is 10.2. The van der Waals surface area contributed by atoms with Gasteiger partial charge in [0.1, 0.15) is 0 Å². The number of benzene rings is 1. The average molecular weight is 430 g/mol. The normalized spacial score (nSPS) is 18.2. The number of anilines is 2. The molecule has 0 bridgehead atoms. The van der Waals surface area contributed by atoms with Gasteiger partial charge in [0.15, 0.2) is 11.5 Å². The van der Waals surface area contributed by atoms with E-state index in [-0.39, 0.29) is 5.69 Å². The fraction of sp³-hybridized carbons (Fsp3) is 0.450. The van der Waals surface area contributed by atoms with Crippen LogP contribution in [0.5, 0.6) is 0 Å². The van der Waals surface area contributed by atoms with E-state index in [2.05, 4.69) is 24.9 Å². The summed E-state index contributed by atoms with van der Waals surface area (Å²) in [7, 11) is 0. The molecular weight excluding hydrogens is 407 g/mol. The highest BCUT2D eigenvalue weighted by Gasteiger charge is 2.28. The number of piperidine rings is 1. The monoisotopic (exact) mass is 430 g/mol. The maximum absolute atomic E-state index is 13.9. The smallest absolute Gasteiger partial charge is 0.356 e. The quantitative estimate of drug-likeness (QED) is 0.562. The van der Waals surface area contributed by atoms with Crippen molar-refractivity contribution in [3.63, 3.8) is 0 Å². The van der Waals surface area contributed by atoms with Crippen LogP contribution >= 0.6 is 0 Å². The number of carbonyl (C=O) groups is 1. The van der Waals surface area contributed by atoms with Gasteiger partial charge >= 0.3 is 11.7 Å². The summed E-state index contributed by atoms with van der Waals surface area (Å²) in [5.74, 6) is -1.21. The number of hydrogen-bond donors (Lipinski definition) is 1. The van der Waals surface area contributed by atoms with Crippen LogP contribution in [0.3, 0.4) is 0 Å². The fourth-order valence-electron chi connectivity index (χ4n) is 4.25. The van der Waals surface area contributed by atoms with Crippen LogP contribution in [-0.4, -0.2) is 76.4 Å². The lowest BCUT2D eigenvalue weighted by Crippen LogP contribution is -2.53. The van der Waals surface area contributed by atoms with Crippen molar-refractivity contribution in [3.05, 3.63) is 52.0 Å². The van der Waals surface area contributed by atoms with E-state index in [1.165, 1.54) is 18.2 Å². The van der Waals surface area contributed by atoms with Gasteiger partial charge in [-0.15, -0.1) is 10.2 Å². The zero-order valence-corrected chi connectivity index (χ0v) is 16.9. The van der Waals surface area contributed by atoms with Gasteiger partial charge in [0, 0.05) is 63.1 Å². The Morgan fingerprint density at radius 3 is 2.29 bits per heavy atom. The van der Waals surface area contributed by atoms with E-state index in [4.69, 9.17) is 5.11 Å². The zero-order valence-electron chi connectivity index (χ0n) is 16.9. The van der Waals surface area contributed by atoms with Gasteiger partial charge in [-0.2, -0.15) is 4.39 Å². The summed E-state index contributed by atoms with van der Waals surface area (Å²) in [6, 6.07) is 7.67. The minimum atomic E-state index is -1.09. The molecule has 2 aliphatic heterocycles. The van der Waals surface area contributed by atoms with Gasteiger partial charge < -0.3 is 14.9 Å². The number of piperazine rings is 1. The number of carboxylic acid groups (broad SMARTS) is 1. The molecule has 0 atom stereocenters. The molecule has 2 aromatic rings. The van der Waals surface area contributed by atoms with Crippen molar-refractivity contribution >= 4 is 23.2 Å². The van der Waals surface area contributed by atoms with Gasteiger partial charge in [0.2, 0.25) is 5.82 Å². The first-order valence-electron chi connectivity index (χ1n) is 10.2. The van der Waals surface area contributed by atoms with E-state index >= 15 is 0 Å². The topological polar surface area (TPSA) is 116 Å². The van der Waals surface area contributed by atoms with Crippen LogP contribution in [0.4, 0.5) is 21.6 Å². The zero-order chi connectivity index (χ0) is 22.0. The summed E-state index contributed by atoms with van der Waals surface area (Å²) in [6.07, 6.45) is 1.93. The van der Waals surface area contributed by atoms with Gasteiger partial charge in [-0.1, -0.05) is 0 Å². The summed E-state index contributed by atoms with van der Waals surface area (Å²) in [4.78, 5) is 27.6. The lowest BCUT2D eigenvalue weighted by atomic mass is 10.0.